The van der Waals surface area contributed by atoms with Crippen LogP contribution in [0.5, 0.6) is 0 Å². The maximum Gasteiger partial charge on any atom is 0.316 e. The van der Waals surface area contributed by atoms with E-state index in [2.05, 4.69) is 0 Å². The molecule has 1 saturated carbocycles. The molecule has 10 heavy (non-hydrogen) atoms. The number of carboxylic acids is 1. The smallest absolute Gasteiger partial charge is 0.316 e. The zero-order chi connectivity index (χ0) is 7.56. The largest absolute Gasteiger partial charge is 0.480 e. The summed E-state index contributed by atoms with van der Waals surface area (Å²) in [4.78, 5) is 10.4. The molecule has 0 aromatic carbocycles. The van der Waals surface area contributed by atoms with E-state index in [-0.39, 0.29) is 5.25 Å². The summed E-state index contributed by atoms with van der Waals surface area (Å²) < 4.78 is 0. The molecule has 58 valence electrons. The summed E-state index contributed by atoms with van der Waals surface area (Å²) in [5.74, 6) is -0.683. The van der Waals surface area contributed by atoms with Gasteiger partial charge in [-0.3, -0.25) is 4.79 Å². The number of carbonyl (C=O) groups is 1. The van der Waals surface area contributed by atoms with Crippen LogP contribution in [0.3, 0.4) is 0 Å². The molecule has 1 rings (SSSR count). The molecule has 0 saturated heterocycles. The normalized spacial score (nSPS) is 21.7. The van der Waals surface area contributed by atoms with Gasteiger partial charge < -0.3 is 5.11 Å². The molecule has 1 fully saturated rings. The number of hydrogen-bond acceptors (Lipinski definition) is 2. The molecule has 0 radical (unpaired) electrons. The van der Waals surface area contributed by atoms with Crippen LogP contribution in [0.1, 0.15) is 26.2 Å². The minimum Gasteiger partial charge on any atom is -0.480 e. The summed E-state index contributed by atoms with van der Waals surface area (Å²) >= 11 is 1.59. The van der Waals surface area contributed by atoms with E-state index in [4.69, 9.17) is 5.11 Å². The molecule has 1 N–H and O–H groups in total. The average Bonchev–Trinajstić information content (AvgIpc) is 1.77. The summed E-state index contributed by atoms with van der Waals surface area (Å²) in [6, 6.07) is 0. The first-order valence-electron chi connectivity index (χ1n) is 3.58. The summed E-state index contributed by atoms with van der Waals surface area (Å²) in [5.41, 5.74) is 0. The van der Waals surface area contributed by atoms with Gasteiger partial charge in [0.1, 0.15) is 0 Å². The first-order chi connectivity index (χ1) is 4.70. The lowest BCUT2D eigenvalue weighted by Gasteiger charge is -2.26. The molecule has 0 heterocycles. The highest BCUT2D eigenvalue weighted by atomic mass is 32.2. The quantitative estimate of drug-likeness (QED) is 0.683. The van der Waals surface area contributed by atoms with Crippen molar-refractivity contribution in [2.45, 2.75) is 36.7 Å². The maximum absolute atomic E-state index is 10.4. The summed E-state index contributed by atoms with van der Waals surface area (Å²) in [6.07, 6.45) is 3.70. The second-order valence-corrected chi connectivity index (χ2v) is 4.32. The fraction of sp³-hybridized carbons (Fsp3) is 0.857. The summed E-state index contributed by atoms with van der Waals surface area (Å²) in [5, 5.41) is 8.94. The van der Waals surface area contributed by atoms with Crippen LogP contribution in [-0.2, 0) is 4.79 Å². The maximum atomic E-state index is 10.4. The minimum absolute atomic E-state index is 0.217. The number of hydrogen-bond donors (Lipinski definition) is 1. The lowest BCUT2D eigenvalue weighted by atomic mass is 10.00. The van der Waals surface area contributed by atoms with E-state index < -0.39 is 5.97 Å². The first-order valence-corrected chi connectivity index (χ1v) is 4.52. The fourth-order valence-electron chi connectivity index (χ4n) is 0.854. The lowest BCUT2D eigenvalue weighted by molar-refractivity contribution is -0.136. The highest BCUT2D eigenvalue weighted by Crippen LogP contribution is 2.33. The standard InChI is InChI=1S/C7H12O2S/c1-5(7(8)9)10-6-3-2-4-6/h5-6H,2-4H2,1H3,(H,8,9). The Morgan fingerprint density at radius 1 is 1.70 bits per heavy atom. The molecule has 0 amide bonds. The van der Waals surface area contributed by atoms with Crippen LogP contribution in [0.2, 0.25) is 0 Å². The Morgan fingerprint density at radius 2 is 2.30 bits per heavy atom. The van der Waals surface area contributed by atoms with Crippen molar-refractivity contribution < 1.29 is 9.90 Å². The van der Waals surface area contributed by atoms with Crippen LogP contribution in [0.15, 0.2) is 0 Å². The van der Waals surface area contributed by atoms with Gasteiger partial charge in [-0.2, -0.15) is 0 Å². The van der Waals surface area contributed by atoms with Crippen molar-refractivity contribution in [3.05, 3.63) is 0 Å². The zero-order valence-corrected chi connectivity index (χ0v) is 6.86. The molecule has 0 aromatic rings. The number of carboxylic acid groups (broad SMARTS) is 1. The topological polar surface area (TPSA) is 37.3 Å². The summed E-state index contributed by atoms with van der Waals surface area (Å²) in [7, 11) is 0. The van der Waals surface area contributed by atoms with Crippen LogP contribution in [0, 0.1) is 0 Å². The van der Waals surface area contributed by atoms with E-state index in [1.165, 1.54) is 19.3 Å². The van der Waals surface area contributed by atoms with Gasteiger partial charge >= 0.3 is 5.97 Å². The van der Waals surface area contributed by atoms with Gasteiger partial charge in [0.05, 0.1) is 5.25 Å². The highest BCUT2D eigenvalue weighted by molar-refractivity contribution is 8.01. The van der Waals surface area contributed by atoms with Gasteiger partial charge in [0, 0.05) is 5.25 Å². The van der Waals surface area contributed by atoms with Crippen LogP contribution in [0.4, 0.5) is 0 Å². The molecule has 0 bridgehead atoms. The van der Waals surface area contributed by atoms with E-state index >= 15 is 0 Å². The number of aliphatic carboxylic acids is 1. The molecule has 0 aromatic heterocycles. The van der Waals surface area contributed by atoms with Crippen LogP contribution < -0.4 is 0 Å². The van der Waals surface area contributed by atoms with Gasteiger partial charge in [-0.05, 0) is 19.8 Å². The van der Waals surface area contributed by atoms with E-state index in [1.54, 1.807) is 18.7 Å². The second-order valence-electron chi connectivity index (χ2n) is 2.67. The van der Waals surface area contributed by atoms with E-state index in [0.717, 1.165) is 0 Å². The molecule has 1 atom stereocenters. The molecular formula is C7H12O2S. The Hall–Kier alpha value is -0.180. The van der Waals surface area contributed by atoms with Gasteiger partial charge in [-0.25, -0.2) is 0 Å². The minimum atomic E-state index is -0.683. The third kappa shape index (κ3) is 1.90. The zero-order valence-electron chi connectivity index (χ0n) is 6.04. The third-order valence-corrected chi connectivity index (χ3v) is 3.26. The van der Waals surface area contributed by atoms with Crippen LogP contribution in [0.25, 0.3) is 0 Å². The molecule has 2 nitrogen and oxygen atoms in total. The van der Waals surface area contributed by atoms with Crippen molar-refractivity contribution >= 4 is 17.7 Å². The van der Waals surface area contributed by atoms with E-state index in [1.807, 2.05) is 0 Å². The van der Waals surface area contributed by atoms with Crippen LogP contribution in [-0.4, -0.2) is 21.6 Å². The third-order valence-electron chi connectivity index (χ3n) is 1.80. The molecular weight excluding hydrogens is 148 g/mol. The summed E-state index contributed by atoms with van der Waals surface area (Å²) in [6.45, 7) is 1.76. The van der Waals surface area contributed by atoms with Crippen LogP contribution >= 0.6 is 11.8 Å². The Balaban J connectivity index is 2.16. The van der Waals surface area contributed by atoms with Crippen molar-refractivity contribution in [2.75, 3.05) is 0 Å². The fourth-order valence-corrected chi connectivity index (χ4v) is 2.15. The molecule has 1 aliphatic rings. The van der Waals surface area contributed by atoms with Gasteiger partial charge in [0.15, 0.2) is 0 Å². The SMILES string of the molecule is CC(SC1CCC1)C(=O)O. The van der Waals surface area contributed by atoms with Crippen molar-refractivity contribution in [2.24, 2.45) is 0 Å². The Morgan fingerprint density at radius 3 is 2.60 bits per heavy atom. The Kier molecular flexibility index (Phi) is 2.60. The van der Waals surface area contributed by atoms with E-state index in [9.17, 15) is 4.79 Å². The van der Waals surface area contributed by atoms with Crippen molar-refractivity contribution in [3.8, 4) is 0 Å². The average molecular weight is 160 g/mol. The Labute approximate surface area is 65.0 Å². The molecule has 0 aliphatic heterocycles. The van der Waals surface area contributed by atoms with E-state index in [0.29, 0.717) is 5.25 Å². The van der Waals surface area contributed by atoms with Gasteiger partial charge in [-0.1, -0.05) is 6.42 Å². The second kappa shape index (κ2) is 3.28. The molecule has 1 unspecified atom stereocenters. The predicted molar refractivity (Wildman–Crippen MR) is 42.3 cm³/mol. The number of thioether (sulfide) groups is 1. The number of rotatable bonds is 3. The molecule has 0 spiro atoms. The van der Waals surface area contributed by atoms with Crippen molar-refractivity contribution in [3.63, 3.8) is 0 Å². The Bertz CT molecular complexity index is 132. The first kappa shape index (κ1) is 7.92. The van der Waals surface area contributed by atoms with Gasteiger partial charge in [0.25, 0.3) is 0 Å². The van der Waals surface area contributed by atoms with Gasteiger partial charge in [0.2, 0.25) is 0 Å². The highest BCUT2D eigenvalue weighted by Gasteiger charge is 2.23. The van der Waals surface area contributed by atoms with Crippen molar-refractivity contribution in [1.29, 1.82) is 0 Å². The molecule has 3 heteroatoms. The molecule has 1 aliphatic carbocycles. The lowest BCUT2D eigenvalue weighted by Crippen LogP contribution is -2.21. The monoisotopic (exact) mass is 160 g/mol. The van der Waals surface area contributed by atoms with Crippen molar-refractivity contribution in [1.82, 2.24) is 0 Å². The van der Waals surface area contributed by atoms with Gasteiger partial charge in [-0.15, -0.1) is 11.8 Å². The predicted octanol–water partition coefficient (Wildman–Crippen LogP) is 1.75.